The Kier molecular flexibility index (Phi) is 6.97. The predicted octanol–water partition coefficient (Wildman–Crippen LogP) is 4.08. The van der Waals surface area contributed by atoms with Crippen LogP contribution < -0.4 is 0 Å². The van der Waals surface area contributed by atoms with Crippen molar-refractivity contribution in [2.75, 3.05) is 19.6 Å². The lowest BCUT2D eigenvalue weighted by Crippen LogP contribution is -2.47. The second-order valence-electron chi connectivity index (χ2n) is 6.03. The monoisotopic (exact) mass is 309 g/mol. The maximum absolute atomic E-state index is 13.0. The molecule has 21 heavy (non-hydrogen) atoms. The zero-order chi connectivity index (χ0) is 15.9. The third-order valence-corrected chi connectivity index (χ3v) is 4.38. The molecular formula is C15H26F3NO2. The number of carboxylic acids is 1. The highest BCUT2D eigenvalue weighted by molar-refractivity contribution is 5.76. The van der Waals surface area contributed by atoms with Crippen LogP contribution in [0.1, 0.15) is 58.3 Å². The van der Waals surface area contributed by atoms with Crippen LogP contribution in [0.2, 0.25) is 0 Å². The van der Waals surface area contributed by atoms with Crippen molar-refractivity contribution in [3.8, 4) is 0 Å². The second kappa shape index (κ2) is 8.01. The molecule has 1 atom stereocenters. The van der Waals surface area contributed by atoms with Crippen LogP contribution in [0, 0.1) is 5.41 Å². The minimum Gasteiger partial charge on any atom is -0.481 e. The zero-order valence-corrected chi connectivity index (χ0v) is 12.7. The summed E-state index contributed by atoms with van der Waals surface area (Å²) in [6.07, 6.45) is 2.78. The lowest BCUT2D eigenvalue weighted by molar-refractivity contribution is -0.227. The Morgan fingerprint density at radius 2 is 1.71 bits per heavy atom. The lowest BCUT2D eigenvalue weighted by Gasteiger charge is -2.27. The molecule has 0 bridgehead atoms. The first-order valence-electron chi connectivity index (χ1n) is 7.86. The van der Waals surface area contributed by atoms with Gasteiger partial charge in [-0.15, -0.1) is 0 Å². The SMILES string of the molecule is CCCCCCCCCN1CCC(C(=O)O)(C(F)(F)F)C1. The van der Waals surface area contributed by atoms with Crippen LogP contribution in [-0.4, -0.2) is 41.8 Å². The third kappa shape index (κ3) is 4.87. The first-order chi connectivity index (χ1) is 9.83. The summed E-state index contributed by atoms with van der Waals surface area (Å²) in [7, 11) is 0. The number of halogens is 3. The summed E-state index contributed by atoms with van der Waals surface area (Å²) in [6.45, 7) is 2.55. The molecule has 0 aromatic rings. The molecule has 1 fully saturated rings. The van der Waals surface area contributed by atoms with Gasteiger partial charge in [-0.3, -0.25) is 4.79 Å². The molecule has 1 heterocycles. The molecule has 1 aliphatic heterocycles. The number of unbranched alkanes of at least 4 members (excludes halogenated alkanes) is 6. The number of carbonyl (C=O) groups is 1. The molecule has 1 unspecified atom stereocenters. The standard InChI is InChI=1S/C15H26F3NO2/c1-2-3-4-5-6-7-8-10-19-11-9-14(12-19,13(20)21)15(16,17)18/h2-12H2,1H3,(H,20,21). The molecule has 0 aliphatic carbocycles. The molecule has 1 rings (SSSR count). The summed E-state index contributed by atoms with van der Waals surface area (Å²) < 4.78 is 39.0. The van der Waals surface area contributed by atoms with Gasteiger partial charge < -0.3 is 10.0 Å². The zero-order valence-electron chi connectivity index (χ0n) is 12.7. The van der Waals surface area contributed by atoms with Crippen molar-refractivity contribution in [3.05, 3.63) is 0 Å². The van der Waals surface area contributed by atoms with Crippen molar-refractivity contribution in [2.24, 2.45) is 5.41 Å². The lowest BCUT2D eigenvalue weighted by atomic mass is 9.86. The van der Waals surface area contributed by atoms with E-state index >= 15 is 0 Å². The highest BCUT2D eigenvalue weighted by Crippen LogP contribution is 2.45. The number of alkyl halides is 3. The predicted molar refractivity (Wildman–Crippen MR) is 75.2 cm³/mol. The molecule has 0 amide bonds. The van der Waals surface area contributed by atoms with Gasteiger partial charge in [-0.1, -0.05) is 45.4 Å². The average Bonchev–Trinajstić information content (AvgIpc) is 2.83. The van der Waals surface area contributed by atoms with Crippen LogP contribution in [0.4, 0.5) is 13.2 Å². The quantitative estimate of drug-likeness (QED) is 0.653. The van der Waals surface area contributed by atoms with Gasteiger partial charge in [0.15, 0.2) is 5.41 Å². The van der Waals surface area contributed by atoms with Crippen LogP contribution in [0.3, 0.4) is 0 Å². The molecule has 0 aromatic carbocycles. The van der Waals surface area contributed by atoms with Gasteiger partial charge in [0.05, 0.1) is 0 Å². The molecule has 3 nitrogen and oxygen atoms in total. The smallest absolute Gasteiger partial charge is 0.406 e. The molecular weight excluding hydrogens is 283 g/mol. The number of hydrogen-bond donors (Lipinski definition) is 1. The van der Waals surface area contributed by atoms with Gasteiger partial charge in [-0.25, -0.2) is 0 Å². The van der Waals surface area contributed by atoms with Crippen LogP contribution in [0.15, 0.2) is 0 Å². The number of hydrogen-bond acceptors (Lipinski definition) is 2. The van der Waals surface area contributed by atoms with Gasteiger partial charge in [-0.05, 0) is 25.9 Å². The van der Waals surface area contributed by atoms with E-state index in [0.717, 1.165) is 19.3 Å². The van der Waals surface area contributed by atoms with Crippen LogP contribution in [0.25, 0.3) is 0 Å². The summed E-state index contributed by atoms with van der Waals surface area (Å²) in [5, 5.41) is 8.96. The first-order valence-corrected chi connectivity index (χ1v) is 7.86. The van der Waals surface area contributed by atoms with E-state index in [-0.39, 0.29) is 13.0 Å². The van der Waals surface area contributed by atoms with E-state index in [4.69, 9.17) is 5.11 Å². The Bertz CT molecular complexity index is 333. The average molecular weight is 309 g/mol. The van der Waals surface area contributed by atoms with Gasteiger partial charge in [0, 0.05) is 6.54 Å². The largest absolute Gasteiger partial charge is 0.481 e. The number of aliphatic carboxylic acids is 1. The molecule has 0 radical (unpaired) electrons. The Morgan fingerprint density at radius 3 is 2.19 bits per heavy atom. The Morgan fingerprint density at radius 1 is 1.14 bits per heavy atom. The first kappa shape index (κ1) is 18.3. The topological polar surface area (TPSA) is 40.5 Å². The van der Waals surface area contributed by atoms with E-state index < -0.39 is 24.1 Å². The molecule has 0 saturated carbocycles. The van der Waals surface area contributed by atoms with E-state index in [2.05, 4.69) is 6.92 Å². The Balaban J connectivity index is 2.29. The Hall–Kier alpha value is -0.780. The minimum atomic E-state index is -4.67. The van der Waals surface area contributed by atoms with Crippen molar-refractivity contribution >= 4 is 5.97 Å². The van der Waals surface area contributed by atoms with E-state index in [1.165, 1.54) is 25.7 Å². The molecule has 124 valence electrons. The van der Waals surface area contributed by atoms with Crippen molar-refractivity contribution in [1.29, 1.82) is 0 Å². The highest BCUT2D eigenvalue weighted by Gasteiger charge is 2.63. The van der Waals surface area contributed by atoms with Crippen molar-refractivity contribution in [3.63, 3.8) is 0 Å². The summed E-state index contributed by atoms with van der Waals surface area (Å²) in [5.74, 6) is -1.74. The molecule has 1 aliphatic rings. The summed E-state index contributed by atoms with van der Waals surface area (Å²) in [4.78, 5) is 12.7. The number of carboxylic acid groups (broad SMARTS) is 1. The highest BCUT2D eigenvalue weighted by atomic mass is 19.4. The fourth-order valence-electron chi connectivity index (χ4n) is 2.90. The molecule has 0 aromatic heterocycles. The Labute approximate surface area is 124 Å². The van der Waals surface area contributed by atoms with Crippen molar-refractivity contribution in [1.82, 2.24) is 4.90 Å². The fraction of sp³-hybridized carbons (Fsp3) is 0.933. The molecule has 6 heteroatoms. The normalized spacial score (nSPS) is 23.6. The van der Waals surface area contributed by atoms with Crippen LogP contribution in [-0.2, 0) is 4.79 Å². The molecule has 1 saturated heterocycles. The van der Waals surface area contributed by atoms with Gasteiger partial charge in [0.2, 0.25) is 0 Å². The summed E-state index contributed by atoms with van der Waals surface area (Å²) in [5.41, 5.74) is -2.56. The van der Waals surface area contributed by atoms with E-state index in [1.54, 1.807) is 4.90 Å². The maximum atomic E-state index is 13.0. The maximum Gasteiger partial charge on any atom is 0.406 e. The van der Waals surface area contributed by atoms with E-state index in [1.807, 2.05) is 0 Å². The van der Waals surface area contributed by atoms with Gasteiger partial charge in [0.25, 0.3) is 0 Å². The molecule has 0 spiro atoms. The minimum absolute atomic E-state index is 0.224. The second-order valence-corrected chi connectivity index (χ2v) is 6.03. The van der Waals surface area contributed by atoms with E-state index in [9.17, 15) is 18.0 Å². The van der Waals surface area contributed by atoms with Gasteiger partial charge >= 0.3 is 12.1 Å². The number of rotatable bonds is 9. The van der Waals surface area contributed by atoms with Crippen molar-refractivity contribution in [2.45, 2.75) is 64.5 Å². The van der Waals surface area contributed by atoms with Gasteiger partial charge in [0.1, 0.15) is 0 Å². The number of nitrogens with zero attached hydrogens (tertiary/aromatic N) is 1. The van der Waals surface area contributed by atoms with Crippen molar-refractivity contribution < 1.29 is 23.1 Å². The van der Waals surface area contributed by atoms with Crippen LogP contribution >= 0.6 is 0 Å². The summed E-state index contributed by atoms with van der Waals surface area (Å²) in [6, 6.07) is 0. The van der Waals surface area contributed by atoms with Gasteiger partial charge in [-0.2, -0.15) is 13.2 Å². The van der Waals surface area contributed by atoms with Crippen LogP contribution in [0.5, 0.6) is 0 Å². The summed E-state index contributed by atoms with van der Waals surface area (Å²) >= 11 is 0. The third-order valence-electron chi connectivity index (χ3n) is 4.38. The molecule has 1 N–H and O–H groups in total. The number of likely N-dealkylation sites (tertiary alicyclic amines) is 1. The van der Waals surface area contributed by atoms with E-state index in [0.29, 0.717) is 6.54 Å². The fourth-order valence-corrected chi connectivity index (χ4v) is 2.90.